The van der Waals surface area contributed by atoms with Crippen LogP contribution in [0.1, 0.15) is 23.0 Å². The molecule has 6 heteroatoms. The standard InChI is InChI=1S/C26H22N4OS/c1-18-28-23-14-13-21(29(2)26-27-15-16-32-26)17-22(23)25(31)30(18)24(19-9-5-3-6-10-19)20-11-7-4-8-12-20/h3-17,24H,1-2H3. The van der Waals surface area contributed by atoms with Crippen molar-refractivity contribution in [3.05, 3.63) is 118 Å². The molecule has 0 atom stereocenters. The van der Waals surface area contributed by atoms with Gasteiger partial charge in [0.2, 0.25) is 0 Å². The molecule has 2 aromatic heterocycles. The van der Waals surface area contributed by atoms with Crippen LogP contribution in [0.3, 0.4) is 0 Å². The van der Waals surface area contributed by atoms with Crippen molar-refractivity contribution in [2.75, 3.05) is 11.9 Å². The van der Waals surface area contributed by atoms with Gasteiger partial charge in [-0.15, -0.1) is 11.3 Å². The van der Waals surface area contributed by atoms with E-state index in [-0.39, 0.29) is 11.6 Å². The van der Waals surface area contributed by atoms with Crippen LogP contribution in [0.2, 0.25) is 0 Å². The van der Waals surface area contributed by atoms with Gasteiger partial charge in [0.1, 0.15) is 5.82 Å². The van der Waals surface area contributed by atoms with E-state index in [9.17, 15) is 4.79 Å². The van der Waals surface area contributed by atoms with Gasteiger partial charge < -0.3 is 4.90 Å². The molecule has 32 heavy (non-hydrogen) atoms. The minimum atomic E-state index is -0.262. The summed E-state index contributed by atoms with van der Waals surface area (Å²) in [6, 6.07) is 25.7. The van der Waals surface area contributed by atoms with Crippen LogP contribution in [0.5, 0.6) is 0 Å². The lowest BCUT2D eigenvalue weighted by molar-refractivity contribution is 0.620. The third kappa shape index (κ3) is 3.59. The molecule has 0 radical (unpaired) electrons. The van der Waals surface area contributed by atoms with E-state index in [4.69, 9.17) is 4.98 Å². The van der Waals surface area contributed by atoms with Crippen LogP contribution >= 0.6 is 11.3 Å². The highest BCUT2D eigenvalue weighted by Crippen LogP contribution is 2.29. The molecular weight excluding hydrogens is 416 g/mol. The largest absolute Gasteiger partial charge is 0.321 e. The highest BCUT2D eigenvalue weighted by Gasteiger charge is 2.21. The van der Waals surface area contributed by atoms with E-state index in [2.05, 4.69) is 29.2 Å². The monoisotopic (exact) mass is 438 g/mol. The minimum Gasteiger partial charge on any atom is -0.321 e. The maximum absolute atomic E-state index is 13.9. The Morgan fingerprint density at radius 1 is 0.938 bits per heavy atom. The van der Waals surface area contributed by atoms with Crippen molar-refractivity contribution >= 4 is 33.1 Å². The Morgan fingerprint density at radius 2 is 1.59 bits per heavy atom. The average molecular weight is 439 g/mol. The van der Waals surface area contributed by atoms with Gasteiger partial charge in [0.05, 0.1) is 16.9 Å². The smallest absolute Gasteiger partial charge is 0.262 e. The molecule has 0 saturated heterocycles. The molecule has 5 aromatic rings. The molecule has 0 amide bonds. The van der Waals surface area contributed by atoms with E-state index in [1.165, 1.54) is 0 Å². The highest BCUT2D eigenvalue weighted by atomic mass is 32.1. The Hall–Kier alpha value is -3.77. The number of aromatic nitrogens is 3. The van der Waals surface area contributed by atoms with E-state index < -0.39 is 0 Å². The predicted molar refractivity (Wildman–Crippen MR) is 131 cm³/mol. The van der Waals surface area contributed by atoms with Crippen molar-refractivity contribution in [3.8, 4) is 0 Å². The fourth-order valence-corrected chi connectivity index (χ4v) is 4.69. The Labute approximate surface area is 190 Å². The zero-order valence-electron chi connectivity index (χ0n) is 17.8. The number of benzene rings is 3. The Morgan fingerprint density at radius 3 is 2.19 bits per heavy atom. The summed E-state index contributed by atoms with van der Waals surface area (Å²) in [6.07, 6.45) is 1.78. The van der Waals surface area contributed by atoms with Gasteiger partial charge in [-0.25, -0.2) is 9.97 Å². The second-order valence-corrected chi connectivity index (χ2v) is 8.51. The summed E-state index contributed by atoms with van der Waals surface area (Å²) >= 11 is 1.56. The lowest BCUT2D eigenvalue weighted by Crippen LogP contribution is -2.29. The first-order chi connectivity index (χ1) is 15.6. The maximum Gasteiger partial charge on any atom is 0.262 e. The lowest BCUT2D eigenvalue weighted by atomic mass is 9.98. The van der Waals surface area contributed by atoms with Gasteiger partial charge in [-0.3, -0.25) is 9.36 Å². The molecule has 0 bridgehead atoms. The molecule has 0 aliphatic rings. The molecule has 3 aromatic carbocycles. The summed E-state index contributed by atoms with van der Waals surface area (Å²) in [4.78, 5) is 25.1. The zero-order valence-corrected chi connectivity index (χ0v) is 18.7. The molecule has 0 spiro atoms. The Balaban J connectivity index is 1.72. The average Bonchev–Trinajstić information content (AvgIpc) is 3.37. The summed E-state index contributed by atoms with van der Waals surface area (Å²) in [7, 11) is 1.96. The molecule has 0 unspecified atom stereocenters. The normalized spacial score (nSPS) is 11.2. The van der Waals surface area contributed by atoms with Crippen LogP contribution in [0.25, 0.3) is 10.9 Å². The Bertz CT molecular complexity index is 1370. The van der Waals surface area contributed by atoms with E-state index in [1.807, 2.05) is 78.8 Å². The van der Waals surface area contributed by atoms with Crippen LogP contribution in [0, 0.1) is 6.92 Å². The van der Waals surface area contributed by atoms with Gasteiger partial charge in [-0.2, -0.15) is 0 Å². The molecule has 0 N–H and O–H groups in total. The number of rotatable bonds is 5. The quantitative estimate of drug-likeness (QED) is 0.360. The first-order valence-electron chi connectivity index (χ1n) is 10.4. The van der Waals surface area contributed by atoms with Crippen LogP contribution in [0.4, 0.5) is 10.8 Å². The first-order valence-corrected chi connectivity index (χ1v) is 11.3. The fourth-order valence-electron chi connectivity index (χ4n) is 4.06. The lowest BCUT2D eigenvalue weighted by Gasteiger charge is -2.24. The van der Waals surface area contributed by atoms with E-state index >= 15 is 0 Å². The third-order valence-electron chi connectivity index (χ3n) is 5.64. The van der Waals surface area contributed by atoms with Gasteiger partial charge >= 0.3 is 0 Å². The maximum atomic E-state index is 13.9. The number of hydrogen-bond donors (Lipinski definition) is 0. The first kappa shape index (κ1) is 20.2. The number of nitrogens with zero attached hydrogens (tertiary/aromatic N) is 4. The third-order valence-corrected chi connectivity index (χ3v) is 6.49. The van der Waals surface area contributed by atoms with Gasteiger partial charge in [-0.1, -0.05) is 60.7 Å². The highest BCUT2D eigenvalue weighted by molar-refractivity contribution is 7.13. The van der Waals surface area contributed by atoms with Crippen molar-refractivity contribution in [1.82, 2.24) is 14.5 Å². The number of hydrogen-bond acceptors (Lipinski definition) is 5. The van der Waals surface area contributed by atoms with Crippen LogP contribution in [-0.2, 0) is 0 Å². The SMILES string of the molecule is Cc1nc2ccc(N(C)c3nccs3)cc2c(=O)n1C(c1ccccc1)c1ccccc1. The van der Waals surface area contributed by atoms with Crippen molar-refractivity contribution in [1.29, 1.82) is 0 Å². The van der Waals surface area contributed by atoms with Gasteiger partial charge in [0, 0.05) is 24.3 Å². The van der Waals surface area contributed by atoms with Crippen molar-refractivity contribution < 1.29 is 0 Å². The summed E-state index contributed by atoms with van der Waals surface area (Å²) in [5.74, 6) is 0.682. The van der Waals surface area contributed by atoms with Crippen LogP contribution in [-0.4, -0.2) is 21.6 Å². The molecule has 5 rings (SSSR count). The summed E-state index contributed by atoms with van der Waals surface area (Å²) in [5.41, 5.74) is 3.62. The molecule has 2 heterocycles. The molecule has 0 aliphatic carbocycles. The van der Waals surface area contributed by atoms with Crippen molar-refractivity contribution in [2.45, 2.75) is 13.0 Å². The Kier molecular flexibility index (Phi) is 5.29. The van der Waals surface area contributed by atoms with Gasteiger partial charge in [0.25, 0.3) is 5.56 Å². The fraction of sp³-hybridized carbons (Fsp3) is 0.115. The van der Waals surface area contributed by atoms with Gasteiger partial charge in [0.15, 0.2) is 5.13 Å². The number of anilines is 2. The van der Waals surface area contributed by atoms with E-state index in [0.717, 1.165) is 21.9 Å². The minimum absolute atomic E-state index is 0.0559. The topological polar surface area (TPSA) is 51.0 Å². The molecule has 158 valence electrons. The van der Waals surface area contributed by atoms with Crippen LogP contribution in [0.15, 0.2) is 95.2 Å². The second-order valence-electron chi connectivity index (χ2n) is 7.63. The molecule has 0 fully saturated rings. The molecule has 0 aliphatic heterocycles. The number of thiazole rings is 1. The molecular formula is C26H22N4OS. The molecule has 5 nitrogen and oxygen atoms in total. The summed E-state index contributed by atoms with van der Waals surface area (Å²) < 4.78 is 1.81. The van der Waals surface area contributed by atoms with Crippen molar-refractivity contribution in [2.24, 2.45) is 0 Å². The van der Waals surface area contributed by atoms with Crippen LogP contribution < -0.4 is 10.5 Å². The second kappa shape index (κ2) is 8.40. The molecule has 0 saturated carbocycles. The van der Waals surface area contributed by atoms with Gasteiger partial charge in [-0.05, 0) is 36.2 Å². The van der Waals surface area contributed by atoms with Crippen molar-refractivity contribution in [3.63, 3.8) is 0 Å². The zero-order chi connectivity index (χ0) is 22.1. The van der Waals surface area contributed by atoms with E-state index in [0.29, 0.717) is 16.7 Å². The number of fused-ring (bicyclic) bond motifs is 1. The number of aryl methyl sites for hydroxylation is 1. The summed E-state index contributed by atoms with van der Waals surface area (Å²) in [5, 5.41) is 3.40. The van der Waals surface area contributed by atoms with E-state index in [1.54, 1.807) is 22.1 Å². The predicted octanol–water partition coefficient (Wildman–Crippen LogP) is 5.57. The summed E-state index contributed by atoms with van der Waals surface area (Å²) in [6.45, 7) is 1.90.